The minimum atomic E-state index is 0.0513. The Morgan fingerprint density at radius 2 is 1.85 bits per heavy atom. The average Bonchev–Trinajstić information content (AvgIpc) is 2.83. The molecule has 0 unspecified atom stereocenters. The molecule has 5 rings (SSSR count). The van der Waals surface area contributed by atoms with Crippen molar-refractivity contribution >= 4 is 22.4 Å². The maximum absolute atomic E-state index is 12.6. The van der Waals surface area contributed by atoms with Crippen LogP contribution in [0.15, 0.2) is 5.38 Å². The molecule has 5 heteroatoms. The highest BCUT2D eigenvalue weighted by molar-refractivity contribution is 7.13. The van der Waals surface area contributed by atoms with Gasteiger partial charge in [-0.05, 0) is 55.8 Å². The van der Waals surface area contributed by atoms with E-state index in [2.05, 4.69) is 4.98 Å². The third-order valence-electron chi connectivity index (χ3n) is 5.69. The summed E-state index contributed by atoms with van der Waals surface area (Å²) >= 11 is 1.34. The monoisotopic (exact) mass is 291 g/mol. The Morgan fingerprint density at radius 3 is 2.35 bits per heavy atom. The van der Waals surface area contributed by atoms with Crippen molar-refractivity contribution in [2.75, 3.05) is 12.8 Å². The van der Waals surface area contributed by atoms with Gasteiger partial charge in [-0.1, -0.05) is 0 Å². The summed E-state index contributed by atoms with van der Waals surface area (Å²) in [7, 11) is 1.96. The van der Waals surface area contributed by atoms with E-state index in [0.717, 1.165) is 23.7 Å². The molecule has 4 aliphatic rings. The molecule has 1 aromatic rings. The number of anilines is 1. The summed E-state index contributed by atoms with van der Waals surface area (Å²) in [6.45, 7) is 0. The zero-order chi connectivity index (χ0) is 13.9. The van der Waals surface area contributed by atoms with Crippen LogP contribution in [0.5, 0.6) is 0 Å². The van der Waals surface area contributed by atoms with Gasteiger partial charge in [-0.3, -0.25) is 4.79 Å². The molecule has 0 radical (unpaired) electrons. The Balaban J connectivity index is 1.56. The molecular formula is C15H21N3OS. The van der Waals surface area contributed by atoms with Crippen LogP contribution in [0.2, 0.25) is 0 Å². The number of nitrogens with zero attached hydrogens (tertiary/aromatic N) is 2. The Kier molecular flexibility index (Phi) is 2.81. The Hall–Kier alpha value is -1.10. The maximum Gasteiger partial charge on any atom is 0.273 e. The van der Waals surface area contributed by atoms with E-state index in [9.17, 15) is 4.79 Å². The fourth-order valence-corrected chi connectivity index (χ4v) is 5.77. The fraction of sp³-hybridized carbons (Fsp3) is 0.733. The number of carbonyl (C=O) groups excluding carboxylic acids is 1. The first-order valence-electron chi connectivity index (χ1n) is 7.60. The highest BCUT2D eigenvalue weighted by atomic mass is 32.1. The number of hydrogen-bond acceptors (Lipinski definition) is 4. The van der Waals surface area contributed by atoms with E-state index < -0.39 is 0 Å². The lowest BCUT2D eigenvalue weighted by Gasteiger charge is -2.56. The van der Waals surface area contributed by atoms with E-state index in [0.29, 0.717) is 16.9 Å². The largest absolute Gasteiger partial charge is 0.375 e. The van der Waals surface area contributed by atoms with Gasteiger partial charge in [-0.25, -0.2) is 4.98 Å². The van der Waals surface area contributed by atoms with Crippen molar-refractivity contribution in [1.82, 2.24) is 9.88 Å². The number of rotatable bonds is 2. The molecule has 4 aliphatic carbocycles. The molecule has 4 saturated carbocycles. The molecule has 0 saturated heterocycles. The Labute approximate surface area is 123 Å². The number of aromatic nitrogens is 1. The number of nitrogen functional groups attached to an aromatic ring is 1. The van der Waals surface area contributed by atoms with E-state index >= 15 is 0 Å². The van der Waals surface area contributed by atoms with E-state index in [1.54, 1.807) is 5.38 Å². The highest BCUT2D eigenvalue weighted by Gasteiger charge is 2.50. The molecule has 0 spiro atoms. The van der Waals surface area contributed by atoms with E-state index in [1.807, 2.05) is 11.9 Å². The topological polar surface area (TPSA) is 59.2 Å². The number of carbonyl (C=O) groups is 1. The second-order valence-corrected chi connectivity index (χ2v) is 7.80. The number of nitrogens with two attached hydrogens (primary N) is 1. The summed E-state index contributed by atoms with van der Waals surface area (Å²) in [4.78, 5) is 18.7. The summed E-state index contributed by atoms with van der Waals surface area (Å²) in [5, 5.41) is 2.26. The maximum atomic E-state index is 12.6. The molecule has 2 N–H and O–H groups in total. The minimum absolute atomic E-state index is 0.0513. The van der Waals surface area contributed by atoms with Crippen LogP contribution in [0, 0.1) is 23.7 Å². The summed E-state index contributed by atoms with van der Waals surface area (Å²) in [6.07, 6.45) is 6.76. The normalized spacial score (nSPS) is 38.1. The highest BCUT2D eigenvalue weighted by Crippen LogP contribution is 2.55. The number of hydrogen-bond donors (Lipinski definition) is 1. The van der Waals surface area contributed by atoms with Crippen molar-refractivity contribution in [3.63, 3.8) is 0 Å². The summed E-state index contributed by atoms with van der Waals surface area (Å²) in [5.41, 5.74) is 6.17. The van der Waals surface area contributed by atoms with Crippen molar-refractivity contribution in [3.8, 4) is 0 Å². The van der Waals surface area contributed by atoms with E-state index in [1.165, 1.54) is 43.4 Å². The molecule has 0 atom stereocenters. The molecule has 4 bridgehead atoms. The van der Waals surface area contributed by atoms with Gasteiger partial charge in [0.15, 0.2) is 5.13 Å². The molecule has 108 valence electrons. The van der Waals surface area contributed by atoms with Crippen LogP contribution in [-0.2, 0) is 0 Å². The van der Waals surface area contributed by atoms with Gasteiger partial charge in [0.1, 0.15) is 5.69 Å². The average molecular weight is 291 g/mol. The van der Waals surface area contributed by atoms with Gasteiger partial charge in [0.25, 0.3) is 5.91 Å². The number of thiazole rings is 1. The SMILES string of the molecule is CN(C(=O)c1csc(N)n1)C1C2CC3CC(C2)CC1C3. The van der Waals surface area contributed by atoms with Crippen LogP contribution in [0.4, 0.5) is 5.13 Å². The van der Waals surface area contributed by atoms with Crippen LogP contribution in [0.25, 0.3) is 0 Å². The van der Waals surface area contributed by atoms with Crippen molar-refractivity contribution in [2.24, 2.45) is 23.7 Å². The van der Waals surface area contributed by atoms with Crippen LogP contribution in [-0.4, -0.2) is 28.9 Å². The quantitative estimate of drug-likeness (QED) is 0.911. The van der Waals surface area contributed by atoms with Gasteiger partial charge in [-0.2, -0.15) is 0 Å². The van der Waals surface area contributed by atoms with Crippen molar-refractivity contribution in [1.29, 1.82) is 0 Å². The van der Waals surface area contributed by atoms with Gasteiger partial charge in [-0.15, -0.1) is 11.3 Å². The van der Waals surface area contributed by atoms with Gasteiger partial charge >= 0.3 is 0 Å². The van der Waals surface area contributed by atoms with Gasteiger partial charge in [0.05, 0.1) is 0 Å². The molecule has 4 nitrogen and oxygen atoms in total. The van der Waals surface area contributed by atoms with Gasteiger partial charge in [0.2, 0.25) is 0 Å². The summed E-state index contributed by atoms with van der Waals surface area (Å²) < 4.78 is 0. The molecule has 1 aromatic heterocycles. The molecule has 20 heavy (non-hydrogen) atoms. The lowest BCUT2D eigenvalue weighted by Crippen LogP contribution is -2.56. The molecule has 0 aliphatic heterocycles. The summed E-state index contributed by atoms with van der Waals surface area (Å²) in [5.74, 6) is 3.36. The predicted molar refractivity (Wildman–Crippen MR) is 79.5 cm³/mol. The molecular weight excluding hydrogens is 270 g/mol. The second kappa shape index (κ2) is 4.45. The fourth-order valence-electron chi connectivity index (χ4n) is 5.23. The Morgan fingerprint density at radius 1 is 1.25 bits per heavy atom. The smallest absolute Gasteiger partial charge is 0.273 e. The first kappa shape index (κ1) is 12.6. The van der Waals surface area contributed by atoms with Gasteiger partial charge < -0.3 is 10.6 Å². The lowest BCUT2D eigenvalue weighted by molar-refractivity contribution is -0.0492. The first-order chi connectivity index (χ1) is 9.61. The van der Waals surface area contributed by atoms with Crippen LogP contribution < -0.4 is 5.73 Å². The lowest BCUT2D eigenvalue weighted by atomic mass is 9.54. The summed E-state index contributed by atoms with van der Waals surface area (Å²) in [6, 6.07) is 0.429. The molecule has 0 aromatic carbocycles. The third kappa shape index (κ3) is 1.86. The first-order valence-corrected chi connectivity index (χ1v) is 8.48. The van der Waals surface area contributed by atoms with Crippen molar-refractivity contribution in [2.45, 2.75) is 38.1 Å². The standard InChI is InChI=1S/C15H21N3OS/c1-18(14(19)12-7-20-15(16)17-12)13-10-3-8-2-9(5-10)6-11(13)4-8/h7-11,13H,2-6H2,1H3,(H2,16,17). The number of amides is 1. The third-order valence-corrected chi connectivity index (χ3v) is 6.36. The molecule has 4 fully saturated rings. The predicted octanol–water partition coefficient (Wildman–Crippen LogP) is 2.62. The Bertz CT molecular complexity index is 513. The van der Waals surface area contributed by atoms with Crippen LogP contribution in [0.3, 0.4) is 0 Å². The van der Waals surface area contributed by atoms with E-state index in [4.69, 9.17) is 5.73 Å². The zero-order valence-corrected chi connectivity index (χ0v) is 12.6. The van der Waals surface area contributed by atoms with Crippen molar-refractivity contribution < 1.29 is 4.79 Å². The zero-order valence-electron chi connectivity index (χ0n) is 11.8. The van der Waals surface area contributed by atoms with Crippen molar-refractivity contribution in [3.05, 3.63) is 11.1 Å². The minimum Gasteiger partial charge on any atom is -0.375 e. The van der Waals surface area contributed by atoms with E-state index in [-0.39, 0.29) is 5.91 Å². The van der Waals surface area contributed by atoms with Gasteiger partial charge in [0, 0.05) is 18.5 Å². The molecule has 1 heterocycles. The van der Waals surface area contributed by atoms with Crippen LogP contribution in [0.1, 0.15) is 42.6 Å². The van der Waals surface area contributed by atoms with Crippen LogP contribution >= 0.6 is 11.3 Å². The molecule has 1 amide bonds. The second-order valence-electron chi connectivity index (χ2n) is 6.91.